The number of nitrogen functional groups attached to an aromatic ring is 1. The summed E-state index contributed by atoms with van der Waals surface area (Å²) in [5.41, 5.74) is 8.95. The van der Waals surface area contributed by atoms with Gasteiger partial charge in [-0.15, -0.1) is 0 Å². The minimum atomic E-state index is 0.451. The van der Waals surface area contributed by atoms with E-state index in [1.54, 1.807) is 18.5 Å². The molecular formula is C12H13ClN4. The molecule has 1 aliphatic carbocycles. The Hall–Kier alpha value is -1.55. The van der Waals surface area contributed by atoms with E-state index in [0.717, 1.165) is 18.5 Å². The molecule has 0 aromatic carbocycles. The van der Waals surface area contributed by atoms with Crippen molar-refractivity contribution in [1.29, 1.82) is 0 Å². The van der Waals surface area contributed by atoms with Gasteiger partial charge in [-0.2, -0.15) is 0 Å². The van der Waals surface area contributed by atoms with Gasteiger partial charge in [0.15, 0.2) is 5.82 Å². The molecule has 2 aromatic heterocycles. The summed E-state index contributed by atoms with van der Waals surface area (Å²) in [5, 5.41) is 0.451. The second kappa shape index (κ2) is 4.04. The number of imidazole rings is 1. The van der Waals surface area contributed by atoms with Crippen LogP contribution in [-0.4, -0.2) is 14.5 Å². The van der Waals surface area contributed by atoms with Crippen LogP contribution in [0.2, 0.25) is 5.15 Å². The molecule has 0 saturated heterocycles. The van der Waals surface area contributed by atoms with Crippen molar-refractivity contribution >= 4 is 17.3 Å². The fourth-order valence-electron chi connectivity index (χ4n) is 2.28. The van der Waals surface area contributed by atoms with E-state index in [4.69, 9.17) is 17.3 Å². The molecule has 0 atom stereocenters. The van der Waals surface area contributed by atoms with Crippen molar-refractivity contribution in [2.75, 3.05) is 5.73 Å². The summed E-state index contributed by atoms with van der Waals surface area (Å²) in [6.45, 7) is 0. The summed E-state index contributed by atoms with van der Waals surface area (Å²) in [4.78, 5) is 8.71. The molecule has 17 heavy (non-hydrogen) atoms. The molecule has 0 unspecified atom stereocenters. The van der Waals surface area contributed by atoms with Crippen molar-refractivity contribution < 1.29 is 0 Å². The van der Waals surface area contributed by atoms with Crippen LogP contribution in [0, 0.1) is 0 Å². The first-order valence-electron chi connectivity index (χ1n) is 5.73. The van der Waals surface area contributed by atoms with Crippen molar-refractivity contribution in [2.24, 2.45) is 0 Å². The predicted molar refractivity (Wildman–Crippen MR) is 67.4 cm³/mol. The topological polar surface area (TPSA) is 56.7 Å². The van der Waals surface area contributed by atoms with Crippen molar-refractivity contribution in [3.8, 4) is 5.82 Å². The molecule has 2 heterocycles. The minimum Gasteiger partial charge on any atom is -0.396 e. The van der Waals surface area contributed by atoms with Crippen LogP contribution in [0.4, 0.5) is 5.69 Å². The molecule has 4 nitrogen and oxygen atoms in total. The third kappa shape index (κ3) is 1.78. The van der Waals surface area contributed by atoms with E-state index in [0.29, 0.717) is 16.7 Å². The number of halogens is 1. The number of hydrogen-bond acceptors (Lipinski definition) is 3. The van der Waals surface area contributed by atoms with E-state index in [-0.39, 0.29) is 0 Å². The molecule has 0 radical (unpaired) electrons. The maximum absolute atomic E-state index is 5.94. The predicted octanol–water partition coefficient (Wildman–Crippen LogP) is 2.38. The zero-order valence-corrected chi connectivity index (χ0v) is 10.1. The number of rotatable bonds is 1. The summed E-state index contributed by atoms with van der Waals surface area (Å²) in [7, 11) is 0. The average Bonchev–Trinajstić information content (AvgIpc) is 2.76. The number of pyridine rings is 1. The Morgan fingerprint density at radius 1 is 1.24 bits per heavy atom. The van der Waals surface area contributed by atoms with Gasteiger partial charge in [-0.3, -0.25) is 4.57 Å². The first kappa shape index (κ1) is 10.6. The normalized spacial score (nSPS) is 14.6. The van der Waals surface area contributed by atoms with Crippen LogP contribution in [0.25, 0.3) is 5.82 Å². The largest absolute Gasteiger partial charge is 0.396 e. The van der Waals surface area contributed by atoms with Crippen molar-refractivity contribution in [3.05, 3.63) is 35.0 Å². The zero-order valence-electron chi connectivity index (χ0n) is 9.36. The number of anilines is 1. The van der Waals surface area contributed by atoms with Gasteiger partial charge in [0.2, 0.25) is 0 Å². The van der Waals surface area contributed by atoms with E-state index in [1.807, 2.05) is 4.57 Å². The molecule has 3 rings (SSSR count). The Kier molecular flexibility index (Phi) is 2.52. The van der Waals surface area contributed by atoms with E-state index < -0.39 is 0 Å². The Morgan fingerprint density at radius 3 is 2.94 bits per heavy atom. The quantitative estimate of drug-likeness (QED) is 0.789. The van der Waals surface area contributed by atoms with Crippen molar-refractivity contribution in [1.82, 2.24) is 14.5 Å². The molecule has 2 aromatic rings. The van der Waals surface area contributed by atoms with Crippen LogP contribution in [0.3, 0.4) is 0 Å². The van der Waals surface area contributed by atoms with Gasteiger partial charge in [0.05, 0.1) is 11.4 Å². The zero-order chi connectivity index (χ0) is 11.8. The monoisotopic (exact) mass is 248 g/mol. The molecule has 0 fully saturated rings. The minimum absolute atomic E-state index is 0.451. The molecule has 0 saturated carbocycles. The van der Waals surface area contributed by atoms with Crippen LogP contribution in [0.15, 0.2) is 18.5 Å². The highest BCUT2D eigenvalue weighted by molar-refractivity contribution is 6.29. The number of nitrogens with two attached hydrogens (primary N) is 1. The van der Waals surface area contributed by atoms with Gasteiger partial charge >= 0.3 is 0 Å². The SMILES string of the molecule is Nc1ccc(Cl)nc1-n1cnc2c1CCCC2. The van der Waals surface area contributed by atoms with Gasteiger partial charge < -0.3 is 5.73 Å². The van der Waals surface area contributed by atoms with Crippen molar-refractivity contribution in [3.63, 3.8) is 0 Å². The fraction of sp³-hybridized carbons (Fsp3) is 0.333. The molecule has 0 amide bonds. The number of hydrogen-bond donors (Lipinski definition) is 1. The Morgan fingerprint density at radius 2 is 2.06 bits per heavy atom. The maximum Gasteiger partial charge on any atom is 0.163 e. The van der Waals surface area contributed by atoms with Gasteiger partial charge in [0.25, 0.3) is 0 Å². The second-order valence-electron chi connectivity index (χ2n) is 4.26. The highest BCUT2D eigenvalue weighted by Gasteiger charge is 2.17. The van der Waals surface area contributed by atoms with Crippen LogP contribution in [-0.2, 0) is 12.8 Å². The standard InChI is InChI=1S/C12H13ClN4/c13-11-6-5-8(14)12(16-11)17-7-15-9-3-1-2-4-10(9)17/h5-7H,1-4,14H2. The lowest BCUT2D eigenvalue weighted by atomic mass is 10.0. The maximum atomic E-state index is 5.94. The molecule has 5 heteroatoms. The van der Waals surface area contributed by atoms with Crippen molar-refractivity contribution in [2.45, 2.75) is 25.7 Å². The lowest BCUT2D eigenvalue weighted by Crippen LogP contribution is -2.09. The highest BCUT2D eigenvalue weighted by atomic mass is 35.5. The van der Waals surface area contributed by atoms with Gasteiger partial charge in [-0.1, -0.05) is 11.6 Å². The number of aryl methyl sites for hydroxylation is 1. The lowest BCUT2D eigenvalue weighted by molar-refractivity contribution is 0.654. The molecule has 0 bridgehead atoms. The van der Waals surface area contributed by atoms with Crippen LogP contribution >= 0.6 is 11.6 Å². The van der Waals surface area contributed by atoms with Gasteiger partial charge in [-0.05, 0) is 37.8 Å². The van der Waals surface area contributed by atoms with Crippen LogP contribution in [0.1, 0.15) is 24.2 Å². The summed E-state index contributed by atoms with van der Waals surface area (Å²) in [6.07, 6.45) is 6.28. The summed E-state index contributed by atoms with van der Waals surface area (Å²) >= 11 is 5.92. The summed E-state index contributed by atoms with van der Waals surface area (Å²) in [5.74, 6) is 0.688. The fourth-order valence-corrected chi connectivity index (χ4v) is 2.42. The van der Waals surface area contributed by atoms with E-state index in [9.17, 15) is 0 Å². The molecule has 88 valence electrons. The highest BCUT2D eigenvalue weighted by Crippen LogP contribution is 2.25. The molecule has 1 aliphatic rings. The van der Waals surface area contributed by atoms with Crippen LogP contribution in [0.5, 0.6) is 0 Å². The second-order valence-corrected chi connectivity index (χ2v) is 4.65. The van der Waals surface area contributed by atoms with E-state index >= 15 is 0 Å². The summed E-state index contributed by atoms with van der Waals surface area (Å²) < 4.78 is 1.97. The van der Waals surface area contributed by atoms with Gasteiger partial charge in [0.1, 0.15) is 11.5 Å². The Balaban J connectivity index is 2.15. The number of aromatic nitrogens is 3. The van der Waals surface area contributed by atoms with E-state index in [2.05, 4.69) is 9.97 Å². The molecular weight excluding hydrogens is 236 g/mol. The Bertz CT molecular complexity index is 562. The molecule has 2 N–H and O–H groups in total. The molecule has 0 spiro atoms. The smallest absolute Gasteiger partial charge is 0.163 e. The first-order valence-corrected chi connectivity index (χ1v) is 6.11. The van der Waals surface area contributed by atoms with E-state index in [1.165, 1.54) is 18.5 Å². The van der Waals surface area contributed by atoms with Gasteiger partial charge in [-0.25, -0.2) is 9.97 Å². The number of fused-ring (bicyclic) bond motifs is 1. The van der Waals surface area contributed by atoms with Crippen LogP contribution < -0.4 is 5.73 Å². The third-order valence-corrected chi connectivity index (χ3v) is 3.34. The first-order chi connectivity index (χ1) is 8.25. The average molecular weight is 249 g/mol. The molecule has 0 aliphatic heterocycles. The lowest BCUT2D eigenvalue weighted by Gasteiger charge is -2.14. The summed E-state index contributed by atoms with van der Waals surface area (Å²) in [6, 6.07) is 3.48. The number of nitrogens with zero attached hydrogens (tertiary/aromatic N) is 3. The van der Waals surface area contributed by atoms with Gasteiger partial charge in [0, 0.05) is 5.69 Å². The third-order valence-electron chi connectivity index (χ3n) is 3.13. The Labute approximate surface area is 104 Å².